The van der Waals surface area contributed by atoms with Gasteiger partial charge in [-0.25, -0.2) is 9.59 Å². The fraction of sp³-hybridized carbons (Fsp3) is 0.419. The number of carbonyl (C=O) groups excluding carboxylic acids is 2. The maximum atomic E-state index is 12.8. The molecule has 6 nitrogen and oxygen atoms in total. The summed E-state index contributed by atoms with van der Waals surface area (Å²) in [6.07, 6.45) is -1.12. The van der Waals surface area contributed by atoms with Crippen LogP contribution in [0.25, 0.3) is 11.1 Å². The second-order valence-electron chi connectivity index (χ2n) is 11.1. The number of alkyl carbamates (subject to hydrolysis) is 2. The minimum absolute atomic E-state index is 0.0363. The number of hydrogen-bond acceptors (Lipinski definition) is 4. The highest BCUT2D eigenvalue weighted by molar-refractivity contribution is 9.09. The van der Waals surface area contributed by atoms with Crippen LogP contribution in [0.5, 0.6) is 0 Å². The van der Waals surface area contributed by atoms with Gasteiger partial charge in [-0.15, -0.1) is 0 Å². The Balaban J connectivity index is 2.00. The third-order valence-corrected chi connectivity index (χ3v) is 8.95. The van der Waals surface area contributed by atoms with Gasteiger partial charge in [-0.05, 0) is 75.9 Å². The molecule has 0 aliphatic rings. The second kappa shape index (κ2) is 13.7. The summed E-state index contributed by atoms with van der Waals surface area (Å²) in [4.78, 5) is 25.6. The second-order valence-corrected chi connectivity index (χ2v) is 12.3. The normalized spacial score (nSPS) is 11.9. The monoisotopic (exact) mass is 662 g/mol. The van der Waals surface area contributed by atoms with E-state index in [9.17, 15) is 9.59 Å². The highest BCUT2D eigenvalue weighted by Crippen LogP contribution is 2.28. The van der Waals surface area contributed by atoms with E-state index in [4.69, 9.17) is 9.47 Å². The van der Waals surface area contributed by atoms with Crippen LogP contribution in [0.4, 0.5) is 9.59 Å². The Labute approximate surface area is 249 Å². The molecule has 0 saturated heterocycles. The predicted molar refractivity (Wildman–Crippen MR) is 167 cm³/mol. The van der Waals surface area contributed by atoms with Crippen molar-refractivity contribution in [1.29, 1.82) is 0 Å². The van der Waals surface area contributed by atoms with Crippen molar-refractivity contribution >= 4 is 55.2 Å². The fourth-order valence-electron chi connectivity index (χ4n) is 3.74. The maximum absolute atomic E-state index is 12.8. The molecule has 0 spiro atoms. The largest absolute Gasteiger partial charge is 0.449 e. The number of nitrogens with one attached hydrogen (secondary N) is 2. The molecular weight excluding hydrogens is 624 g/mol. The first kappa shape index (κ1) is 32.6. The summed E-state index contributed by atoms with van der Waals surface area (Å²) in [7, 11) is 0. The third kappa shape index (κ3) is 9.24. The third-order valence-electron chi connectivity index (χ3n) is 6.57. The minimum atomic E-state index is -0.669. The Morgan fingerprint density at radius 2 is 1.10 bits per heavy atom. The Morgan fingerprint density at radius 3 is 1.41 bits per heavy atom. The van der Waals surface area contributed by atoms with Crippen molar-refractivity contribution in [2.24, 2.45) is 5.41 Å². The van der Waals surface area contributed by atoms with E-state index in [0.717, 1.165) is 33.4 Å². The molecule has 0 bridgehead atoms. The van der Waals surface area contributed by atoms with Crippen molar-refractivity contribution in [3.05, 3.63) is 83.9 Å². The van der Waals surface area contributed by atoms with Crippen molar-refractivity contribution < 1.29 is 19.1 Å². The smallest absolute Gasteiger partial charge is 0.407 e. The number of halogens is 2. The van der Waals surface area contributed by atoms with Crippen LogP contribution in [0.3, 0.4) is 0 Å². The highest BCUT2D eigenvalue weighted by atomic mass is 79.9. The van der Waals surface area contributed by atoms with Crippen LogP contribution in [0, 0.1) is 5.41 Å². The zero-order valence-corrected chi connectivity index (χ0v) is 26.9. The maximum Gasteiger partial charge on any atom is 0.407 e. The first-order valence-electron chi connectivity index (χ1n) is 12.7. The van der Waals surface area contributed by atoms with Crippen LogP contribution < -0.4 is 10.6 Å². The predicted octanol–water partition coefficient (Wildman–Crippen LogP) is 8.15. The average molecular weight is 664 g/mol. The summed E-state index contributed by atoms with van der Waals surface area (Å²) in [5.74, 6) is 0. The molecule has 0 aliphatic heterocycles. The van der Waals surface area contributed by atoms with Gasteiger partial charge >= 0.3 is 12.2 Å². The van der Waals surface area contributed by atoms with Crippen molar-refractivity contribution in [3.8, 4) is 0 Å². The van der Waals surface area contributed by atoms with Crippen molar-refractivity contribution in [2.45, 2.75) is 52.6 Å². The number of allylic oxidation sites excluding steroid dienone is 2. The Hall–Kier alpha value is -2.58. The number of benzene rings is 2. The van der Waals surface area contributed by atoms with Crippen molar-refractivity contribution in [1.82, 2.24) is 10.6 Å². The number of ether oxygens (including phenoxy) is 2. The summed E-state index contributed by atoms with van der Waals surface area (Å²) in [5.41, 5.74) is 3.78. The van der Waals surface area contributed by atoms with Gasteiger partial charge in [-0.3, -0.25) is 0 Å². The Morgan fingerprint density at radius 1 is 0.744 bits per heavy atom. The van der Waals surface area contributed by atoms with Crippen LogP contribution >= 0.6 is 31.9 Å². The number of alkyl halides is 2. The molecule has 39 heavy (non-hydrogen) atoms. The first-order valence-corrected chi connectivity index (χ1v) is 14.9. The van der Waals surface area contributed by atoms with Gasteiger partial charge in [0.2, 0.25) is 0 Å². The minimum Gasteiger partial charge on any atom is -0.449 e. The molecule has 0 radical (unpaired) electrons. The standard InChI is InChI=1S/C31H40Br2N2O4/c1-21(2)23-11-9-13-25(15-23)29(5,6)34-27(36)38-19-31(17-32,18-33)20-39-28(37)35-30(7,8)26-14-10-12-24(16-26)22(3)4/h9-16H,1,3,17-20H2,2,4-8H3,(H,34,36)(H,35,37). The van der Waals surface area contributed by atoms with Gasteiger partial charge in [0, 0.05) is 10.7 Å². The van der Waals surface area contributed by atoms with Crippen LogP contribution in [-0.2, 0) is 20.6 Å². The number of rotatable bonds is 12. The lowest BCUT2D eigenvalue weighted by Crippen LogP contribution is -2.46. The molecule has 0 saturated carbocycles. The van der Waals surface area contributed by atoms with Gasteiger partial charge in [0.15, 0.2) is 0 Å². The zero-order valence-electron chi connectivity index (χ0n) is 23.8. The molecule has 2 aromatic rings. The lowest BCUT2D eigenvalue weighted by atomic mass is 9.92. The van der Waals surface area contributed by atoms with E-state index < -0.39 is 28.7 Å². The van der Waals surface area contributed by atoms with E-state index in [1.165, 1.54) is 0 Å². The molecule has 8 heteroatoms. The number of hydrogen-bond donors (Lipinski definition) is 2. The summed E-state index contributed by atoms with van der Waals surface area (Å²) in [5, 5.41) is 6.77. The molecule has 212 valence electrons. The average Bonchev–Trinajstić information content (AvgIpc) is 2.89. The van der Waals surface area contributed by atoms with E-state index in [0.29, 0.717) is 10.7 Å². The molecule has 2 aromatic carbocycles. The zero-order chi connectivity index (χ0) is 29.4. The summed E-state index contributed by atoms with van der Waals surface area (Å²) in [6.45, 7) is 19.6. The van der Waals surface area contributed by atoms with Gasteiger partial charge in [-0.2, -0.15) is 0 Å². The highest BCUT2D eigenvalue weighted by Gasteiger charge is 2.34. The lowest BCUT2D eigenvalue weighted by molar-refractivity contribution is 0.0477. The Bertz CT molecular complexity index is 1110. The van der Waals surface area contributed by atoms with Gasteiger partial charge in [0.25, 0.3) is 0 Å². The Kier molecular flexibility index (Phi) is 11.4. The van der Waals surface area contributed by atoms with E-state index in [1.54, 1.807) is 0 Å². The summed E-state index contributed by atoms with van der Waals surface area (Å²) >= 11 is 7.01. The van der Waals surface area contributed by atoms with E-state index in [1.807, 2.05) is 90.1 Å². The van der Waals surface area contributed by atoms with Crippen molar-refractivity contribution in [3.63, 3.8) is 0 Å². The summed E-state index contributed by atoms with van der Waals surface area (Å²) < 4.78 is 11.2. The van der Waals surface area contributed by atoms with E-state index in [-0.39, 0.29) is 13.2 Å². The number of carbonyl (C=O) groups is 2. The van der Waals surface area contributed by atoms with Gasteiger partial charge < -0.3 is 20.1 Å². The molecule has 0 atom stereocenters. The first-order chi connectivity index (χ1) is 18.1. The SMILES string of the molecule is C=C(C)c1cccc(C(C)(C)NC(=O)OCC(CBr)(CBr)COC(=O)NC(C)(C)c2cccc(C(=C)C)c2)c1. The molecule has 0 fully saturated rings. The molecule has 2 amide bonds. The fourth-order valence-corrected chi connectivity index (χ4v) is 5.32. The number of amides is 2. The molecular formula is C31H40Br2N2O4. The van der Waals surface area contributed by atoms with Crippen LogP contribution in [0.1, 0.15) is 63.8 Å². The van der Waals surface area contributed by atoms with E-state index in [2.05, 4.69) is 55.7 Å². The molecule has 2 rings (SSSR count). The summed E-state index contributed by atoms with van der Waals surface area (Å²) in [6, 6.07) is 15.8. The van der Waals surface area contributed by atoms with Gasteiger partial charge in [0.05, 0.1) is 16.5 Å². The molecule has 2 N–H and O–H groups in total. The van der Waals surface area contributed by atoms with Gasteiger partial charge in [0.1, 0.15) is 13.2 Å². The molecule has 0 heterocycles. The van der Waals surface area contributed by atoms with E-state index >= 15 is 0 Å². The van der Waals surface area contributed by atoms with Crippen LogP contribution in [-0.4, -0.2) is 36.1 Å². The topological polar surface area (TPSA) is 76.7 Å². The van der Waals surface area contributed by atoms with Crippen LogP contribution in [0.2, 0.25) is 0 Å². The molecule has 0 aromatic heterocycles. The van der Waals surface area contributed by atoms with Crippen LogP contribution in [0.15, 0.2) is 61.7 Å². The molecule has 0 unspecified atom stereocenters. The quantitative estimate of drug-likeness (QED) is 0.225. The lowest BCUT2D eigenvalue weighted by Gasteiger charge is -2.32. The van der Waals surface area contributed by atoms with Gasteiger partial charge in [-0.1, -0.05) is 92.6 Å². The molecule has 0 aliphatic carbocycles. The van der Waals surface area contributed by atoms with Crippen molar-refractivity contribution in [2.75, 3.05) is 23.9 Å².